The second-order valence-electron chi connectivity index (χ2n) is 6.08. The first kappa shape index (κ1) is 16.6. The zero-order valence-electron chi connectivity index (χ0n) is 13.6. The highest BCUT2D eigenvalue weighted by molar-refractivity contribution is 5.88. The second kappa shape index (κ2) is 7.08. The first-order valence-corrected chi connectivity index (χ1v) is 8.26. The average Bonchev–Trinajstić information content (AvgIpc) is 2.60. The Morgan fingerprint density at radius 2 is 1.46 bits per heavy atom. The lowest BCUT2D eigenvalue weighted by molar-refractivity contribution is 0.453. The summed E-state index contributed by atoms with van der Waals surface area (Å²) in [6, 6.07) is 14.1. The lowest BCUT2D eigenvalue weighted by Crippen LogP contribution is -1.92. The topological polar surface area (TPSA) is 0 Å². The van der Waals surface area contributed by atoms with Crippen molar-refractivity contribution >= 4 is 10.8 Å². The Kier molecular flexibility index (Phi) is 4.89. The zero-order valence-corrected chi connectivity index (χ0v) is 13.6. The van der Waals surface area contributed by atoms with Crippen molar-refractivity contribution in [1.29, 1.82) is 0 Å². The monoisotopic (exact) mass is 328 g/mol. The molecule has 0 aliphatic heterocycles. The van der Waals surface area contributed by atoms with E-state index in [-0.39, 0.29) is 5.39 Å². The molecule has 3 aromatic carbocycles. The van der Waals surface area contributed by atoms with Gasteiger partial charge in [-0.1, -0.05) is 56.2 Å². The molecule has 0 saturated heterocycles. The quantitative estimate of drug-likeness (QED) is 0.363. The molecule has 0 nitrogen and oxygen atoms in total. The molecule has 0 N–H and O–H groups in total. The van der Waals surface area contributed by atoms with E-state index in [2.05, 4.69) is 19.1 Å². The maximum atomic E-state index is 13.8. The zero-order chi connectivity index (χ0) is 17.1. The second-order valence-corrected chi connectivity index (χ2v) is 6.08. The summed E-state index contributed by atoms with van der Waals surface area (Å²) in [5, 5.41) is 0.449. The predicted octanol–water partition coefficient (Wildman–Crippen LogP) is 6.66. The lowest BCUT2D eigenvalue weighted by atomic mass is 9.98. The molecule has 0 heterocycles. The number of benzene rings is 3. The fraction of sp³-hybridized carbons (Fsp3) is 0.238. The molecule has 24 heavy (non-hydrogen) atoms. The van der Waals surface area contributed by atoms with E-state index in [1.54, 1.807) is 12.1 Å². The van der Waals surface area contributed by atoms with Gasteiger partial charge in [0.15, 0.2) is 17.5 Å². The minimum Gasteiger partial charge on any atom is -0.204 e. The van der Waals surface area contributed by atoms with Crippen molar-refractivity contribution in [3.63, 3.8) is 0 Å². The number of rotatable bonds is 5. The first-order valence-electron chi connectivity index (χ1n) is 8.26. The highest BCUT2D eigenvalue weighted by Crippen LogP contribution is 2.28. The van der Waals surface area contributed by atoms with Crippen molar-refractivity contribution in [2.24, 2.45) is 0 Å². The Bertz CT molecular complexity index is 851. The predicted molar refractivity (Wildman–Crippen MR) is 92.5 cm³/mol. The van der Waals surface area contributed by atoms with Gasteiger partial charge in [0, 0.05) is 5.39 Å². The van der Waals surface area contributed by atoms with Crippen LogP contribution in [0.1, 0.15) is 31.7 Å². The van der Waals surface area contributed by atoms with E-state index in [0.717, 1.165) is 23.6 Å². The summed E-state index contributed by atoms with van der Waals surface area (Å²) in [6.07, 6.45) is 4.65. The van der Waals surface area contributed by atoms with Crippen molar-refractivity contribution in [3.8, 4) is 11.1 Å². The van der Waals surface area contributed by atoms with E-state index in [4.69, 9.17) is 0 Å². The van der Waals surface area contributed by atoms with Gasteiger partial charge in [-0.3, -0.25) is 0 Å². The molecule has 0 saturated carbocycles. The standard InChI is InChI=1S/C21H19F3/c1-2-3-4-5-14-6-8-15(9-7-14)16-10-11-18-17(12-16)13-19(22)21(24)20(18)23/h6-13H,2-5H2,1H3. The van der Waals surface area contributed by atoms with Gasteiger partial charge < -0.3 is 0 Å². The lowest BCUT2D eigenvalue weighted by Gasteiger charge is -2.07. The van der Waals surface area contributed by atoms with Gasteiger partial charge in [-0.2, -0.15) is 0 Å². The van der Waals surface area contributed by atoms with Crippen LogP contribution in [0.4, 0.5) is 13.2 Å². The number of hydrogen-bond acceptors (Lipinski definition) is 0. The summed E-state index contributed by atoms with van der Waals surface area (Å²) in [4.78, 5) is 0. The molecule has 0 spiro atoms. The van der Waals surface area contributed by atoms with E-state index in [1.165, 1.54) is 30.9 Å². The summed E-state index contributed by atoms with van der Waals surface area (Å²) < 4.78 is 40.5. The van der Waals surface area contributed by atoms with Crippen LogP contribution in [-0.4, -0.2) is 0 Å². The van der Waals surface area contributed by atoms with Crippen LogP contribution in [0.5, 0.6) is 0 Å². The molecule has 124 valence electrons. The van der Waals surface area contributed by atoms with Crippen LogP contribution in [0, 0.1) is 17.5 Å². The number of hydrogen-bond donors (Lipinski definition) is 0. The fourth-order valence-electron chi connectivity index (χ4n) is 2.93. The molecule has 0 unspecified atom stereocenters. The van der Waals surface area contributed by atoms with E-state index >= 15 is 0 Å². The molecular weight excluding hydrogens is 309 g/mol. The van der Waals surface area contributed by atoms with Crippen LogP contribution < -0.4 is 0 Å². The third-order valence-corrected chi connectivity index (χ3v) is 4.33. The number of halogens is 3. The molecule has 3 rings (SSSR count). The van der Waals surface area contributed by atoms with Crippen molar-refractivity contribution < 1.29 is 13.2 Å². The number of aryl methyl sites for hydroxylation is 1. The third-order valence-electron chi connectivity index (χ3n) is 4.33. The van der Waals surface area contributed by atoms with Crippen LogP contribution in [0.15, 0.2) is 48.5 Å². The van der Waals surface area contributed by atoms with Crippen LogP contribution >= 0.6 is 0 Å². The minimum atomic E-state index is -1.42. The van der Waals surface area contributed by atoms with Crippen molar-refractivity contribution in [1.82, 2.24) is 0 Å². The fourth-order valence-corrected chi connectivity index (χ4v) is 2.93. The van der Waals surface area contributed by atoms with Gasteiger partial charge in [0.2, 0.25) is 0 Å². The minimum absolute atomic E-state index is 0.0915. The van der Waals surface area contributed by atoms with E-state index < -0.39 is 17.5 Å². The summed E-state index contributed by atoms with van der Waals surface area (Å²) in [6.45, 7) is 2.18. The van der Waals surface area contributed by atoms with Gasteiger partial charge in [0.05, 0.1) is 0 Å². The molecule has 0 atom stereocenters. The Morgan fingerprint density at radius 1 is 0.750 bits per heavy atom. The van der Waals surface area contributed by atoms with Crippen molar-refractivity contribution in [2.45, 2.75) is 32.6 Å². The normalized spacial score (nSPS) is 11.2. The van der Waals surface area contributed by atoms with Gasteiger partial charge in [-0.15, -0.1) is 0 Å². The third kappa shape index (κ3) is 3.30. The number of fused-ring (bicyclic) bond motifs is 1. The van der Waals surface area contributed by atoms with E-state index in [9.17, 15) is 13.2 Å². The molecular formula is C21H19F3. The summed E-state index contributed by atoms with van der Waals surface area (Å²) in [5.74, 6) is -3.72. The van der Waals surface area contributed by atoms with Gasteiger partial charge in [-0.05, 0) is 47.1 Å². The molecule has 3 heteroatoms. The molecule has 0 bridgehead atoms. The molecule has 0 aliphatic carbocycles. The van der Waals surface area contributed by atoms with Gasteiger partial charge >= 0.3 is 0 Å². The first-order chi connectivity index (χ1) is 11.6. The van der Waals surface area contributed by atoms with Gasteiger partial charge in [0.25, 0.3) is 0 Å². The largest absolute Gasteiger partial charge is 0.204 e. The smallest absolute Gasteiger partial charge is 0.195 e. The Morgan fingerprint density at radius 3 is 2.17 bits per heavy atom. The summed E-state index contributed by atoms with van der Waals surface area (Å²) >= 11 is 0. The van der Waals surface area contributed by atoms with E-state index in [0.29, 0.717) is 5.39 Å². The SMILES string of the molecule is CCCCCc1ccc(-c2ccc3c(F)c(F)c(F)cc3c2)cc1. The van der Waals surface area contributed by atoms with Crippen LogP contribution in [0.2, 0.25) is 0 Å². The van der Waals surface area contributed by atoms with Crippen LogP contribution in [0.25, 0.3) is 21.9 Å². The van der Waals surface area contributed by atoms with Crippen molar-refractivity contribution in [3.05, 3.63) is 71.5 Å². The van der Waals surface area contributed by atoms with E-state index in [1.807, 2.05) is 12.1 Å². The molecule has 0 aromatic heterocycles. The Labute approximate surface area is 139 Å². The highest BCUT2D eigenvalue weighted by atomic mass is 19.2. The molecule has 0 aliphatic rings. The average molecular weight is 328 g/mol. The summed E-state index contributed by atoms with van der Waals surface area (Å²) in [7, 11) is 0. The van der Waals surface area contributed by atoms with Gasteiger partial charge in [-0.25, -0.2) is 13.2 Å². The highest BCUT2D eigenvalue weighted by Gasteiger charge is 2.13. The summed E-state index contributed by atoms with van der Waals surface area (Å²) in [5.41, 5.74) is 3.11. The Balaban J connectivity index is 1.90. The Hall–Kier alpha value is -2.29. The molecule has 0 radical (unpaired) electrons. The van der Waals surface area contributed by atoms with Gasteiger partial charge in [0.1, 0.15) is 0 Å². The molecule has 0 fully saturated rings. The maximum Gasteiger partial charge on any atom is 0.195 e. The molecule has 3 aromatic rings. The maximum absolute atomic E-state index is 13.8. The van der Waals surface area contributed by atoms with Crippen molar-refractivity contribution in [2.75, 3.05) is 0 Å². The molecule has 0 amide bonds. The number of unbranched alkanes of at least 4 members (excludes halogenated alkanes) is 2. The van der Waals surface area contributed by atoms with Crippen LogP contribution in [0.3, 0.4) is 0 Å². The van der Waals surface area contributed by atoms with Crippen LogP contribution in [-0.2, 0) is 6.42 Å².